The van der Waals surface area contributed by atoms with Crippen LogP contribution in [0.5, 0.6) is 0 Å². The van der Waals surface area contributed by atoms with E-state index in [1.807, 2.05) is 0 Å². The SMILES string of the molecule is O=C(O)c1ccc([N+](=O)[O-])cc1C(=O)Nc1cccc(Cl)c1. The van der Waals surface area contributed by atoms with Crippen LogP contribution in [0.25, 0.3) is 0 Å². The van der Waals surface area contributed by atoms with E-state index in [4.69, 9.17) is 16.7 Å². The van der Waals surface area contributed by atoms with Gasteiger partial charge in [-0.2, -0.15) is 0 Å². The molecule has 0 saturated heterocycles. The van der Waals surface area contributed by atoms with Crippen molar-refractivity contribution in [3.63, 3.8) is 0 Å². The summed E-state index contributed by atoms with van der Waals surface area (Å²) in [6.45, 7) is 0. The number of anilines is 1. The lowest BCUT2D eigenvalue weighted by molar-refractivity contribution is -0.384. The van der Waals surface area contributed by atoms with E-state index < -0.39 is 16.8 Å². The molecule has 0 atom stereocenters. The number of non-ortho nitro benzene ring substituents is 1. The van der Waals surface area contributed by atoms with Gasteiger partial charge in [0.1, 0.15) is 0 Å². The number of aromatic carboxylic acids is 1. The lowest BCUT2D eigenvalue weighted by Gasteiger charge is -2.08. The van der Waals surface area contributed by atoms with Gasteiger partial charge in [0.15, 0.2) is 0 Å². The van der Waals surface area contributed by atoms with Gasteiger partial charge < -0.3 is 10.4 Å². The zero-order valence-electron chi connectivity index (χ0n) is 10.9. The Bertz CT molecular complexity index is 776. The van der Waals surface area contributed by atoms with Gasteiger partial charge in [-0.25, -0.2) is 4.79 Å². The average Bonchev–Trinajstić information content (AvgIpc) is 2.46. The molecular weight excluding hydrogens is 312 g/mol. The van der Waals surface area contributed by atoms with Crippen molar-refractivity contribution in [3.8, 4) is 0 Å². The molecule has 0 bridgehead atoms. The zero-order chi connectivity index (χ0) is 16.3. The summed E-state index contributed by atoms with van der Waals surface area (Å²) in [5, 5.41) is 22.7. The molecule has 2 rings (SSSR count). The quantitative estimate of drug-likeness (QED) is 0.664. The second-order valence-electron chi connectivity index (χ2n) is 4.26. The van der Waals surface area contributed by atoms with E-state index in [1.165, 1.54) is 6.07 Å². The first-order valence-electron chi connectivity index (χ1n) is 5.97. The third-order valence-electron chi connectivity index (χ3n) is 2.77. The van der Waals surface area contributed by atoms with Crippen LogP contribution in [0.1, 0.15) is 20.7 Å². The number of nitro benzene ring substituents is 1. The van der Waals surface area contributed by atoms with Crippen molar-refractivity contribution < 1.29 is 19.6 Å². The molecule has 2 aromatic carbocycles. The predicted molar refractivity (Wildman–Crippen MR) is 79.5 cm³/mol. The van der Waals surface area contributed by atoms with E-state index in [9.17, 15) is 19.7 Å². The number of carbonyl (C=O) groups excluding carboxylic acids is 1. The first-order valence-corrected chi connectivity index (χ1v) is 6.35. The summed E-state index contributed by atoms with van der Waals surface area (Å²) in [6.07, 6.45) is 0. The van der Waals surface area contributed by atoms with E-state index in [0.717, 1.165) is 18.2 Å². The van der Waals surface area contributed by atoms with Crippen molar-refractivity contribution in [1.29, 1.82) is 0 Å². The van der Waals surface area contributed by atoms with Crippen LogP contribution in [0.2, 0.25) is 5.02 Å². The summed E-state index contributed by atoms with van der Waals surface area (Å²) >= 11 is 5.79. The number of halogens is 1. The van der Waals surface area contributed by atoms with Crippen molar-refractivity contribution in [2.24, 2.45) is 0 Å². The molecule has 0 aromatic heterocycles. The zero-order valence-corrected chi connectivity index (χ0v) is 11.7. The van der Waals surface area contributed by atoms with Gasteiger partial charge in [-0.15, -0.1) is 0 Å². The molecule has 0 aliphatic rings. The van der Waals surface area contributed by atoms with Crippen LogP contribution in [0.3, 0.4) is 0 Å². The Labute approximate surface area is 129 Å². The summed E-state index contributed by atoms with van der Waals surface area (Å²) in [7, 11) is 0. The number of nitrogens with one attached hydrogen (secondary N) is 1. The highest BCUT2D eigenvalue weighted by Gasteiger charge is 2.20. The van der Waals surface area contributed by atoms with Crippen molar-refractivity contribution in [2.75, 3.05) is 5.32 Å². The number of carboxylic acid groups (broad SMARTS) is 1. The van der Waals surface area contributed by atoms with Crippen molar-refractivity contribution in [3.05, 3.63) is 68.7 Å². The van der Waals surface area contributed by atoms with Gasteiger partial charge in [-0.05, 0) is 24.3 Å². The third kappa shape index (κ3) is 3.39. The van der Waals surface area contributed by atoms with Gasteiger partial charge in [0.2, 0.25) is 0 Å². The molecular formula is C14H9ClN2O5. The number of carbonyl (C=O) groups is 2. The molecule has 0 spiro atoms. The van der Waals surface area contributed by atoms with E-state index in [0.29, 0.717) is 10.7 Å². The topological polar surface area (TPSA) is 110 Å². The molecule has 22 heavy (non-hydrogen) atoms. The molecule has 8 heteroatoms. The van der Waals surface area contributed by atoms with Crippen LogP contribution < -0.4 is 5.32 Å². The minimum Gasteiger partial charge on any atom is -0.478 e. The molecule has 1 amide bonds. The molecule has 0 radical (unpaired) electrons. The fraction of sp³-hybridized carbons (Fsp3) is 0. The summed E-state index contributed by atoms with van der Waals surface area (Å²) in [5.74, 6) is -2.13. The maximum atomic E-state index is 12.2. The Morgan fingerprint density at radius 1 is 1.14 bits per heavy atom. The largest absolute Gasteiger partial charge is 0.478 e. The Kier molecular flexibility index (Phi) is 4.38. The van der Waals surface area contributed by atoms with E-state index in [2.05, 4.69) is 5.32 Å². The molecule has 0 heterocycles. The molecule has 0 fully saturated rings. The maximum absolute atomic E-state index is 12.2. The fourth-order valence-electron chi connectivity index (χ4n) is 1.78. The second-order valence-corrected chi connectivity index (χ2v) is 4.69. The van der Waals surface area contributed by atoms with Gasteiger partial charge in [-0.1, -0.05) is 17.7 Å². The molecule has 0 aliphatic heterocycles. The number of nitrogens with zero attached hydrogens (tertiary/aromatic N) is 1. The minimum atomic E-state index is -1.36. The molecule has 2 N–H and O–H groups in total. The molecule has 0 aliphatic carbocycles. The lowest BCUT2D eigenvalue weighted by atomic mass is 10.1. The van der Waals surface area contributed by atoms with E-state index in [1.54, 1.807) is 18.2 Å². The number of nitro groups is 1. The Balaban J connectivity index is 2.40. The van der Waals surface area contributed by atoms with Crippen LogP contribution in [-0.4, -0.2) is 21.9 Å². The standard InChI is InChI=1S/C14H9ClN2O5/c15-8-2-1-3-9(6-8)16-13(18)12-7-10(17(21)22)4-5-11(12)14(19)20/h1-7H,(H,16,18)(H,19,20). The highest BCUT2D eigenvalue weighted by Crippen LogP contribution is 2.21. The molecule has 0 saturated carbocycles. The molecule has 0 unspecified atom stereocenters. The van der Waals surface area contributed by atoms with Gasteiger partial charge in [-0.3, -0.25) is 14.9 Å². The summed E-state index contributed by atoms with van der Waals surface area (Å²) in [6, 6.07) is 9.20. The fourth-order valence-corrected chi connectivity index (χ4v) is 1.98. The van der Waals surface area contributed by atoms with Gasteiger partial charge in [0.05, 0.1) is 16.1 Å². The molecule has 112 valence electrons. The number of carboxylic acids is 1. The molecule has 7 nitrogen and oxygen atoms in total. The Morgan fingerprint density at radius 2 is 1.86 bits per heavy atom. The van der Waals surface area contributed by atoms with Crippen LogP contribution in [0, 0.1) is 10.1 Å². The van der Waals surface area contributed by atoms with Crippen LogP contribution in [0.4, 0.5) is 11.4 Å². The third-order valence-corrected chi connectivity index (χ3v) is 3.01. The Hall–Kier alpha value is -2.93. The lowest BCUT2D eigenvalue weighted by Crippen LogP contribution is -2.16. The predicted octanol–water partition coefficient (Wildman–Crippen LogP) is 3.20. The normalized spacial score (nSPS) is 10.0. The smallest absolute Gasteiger partial charge is 0.336 e. The molecule has 2 aromatic rings. The highest BCUT2D eigenvalue weighted by atomic mass is 35.5. The van der Waals surface area contributed by atoms with E-state index >= 15 is 0 Å². The van der Waals surface area contributed by atoms with E-state index in [-0.39, 0.29) is 16.8 Å². The highest BCUT2D eigenvalue weighted by molar-refractivity contribution is 6.31. The van der Waals surface area contributed by atoms with Crippen molar-refractivity contribution >= 4 is 34.9 Å². The monoisotopic (exact) mass is 320 g/mol. The van der Waals surface area contributed by atoms with Crippen LogP contribution >= 0.6 is 11.6 Å². The average molecular weight is 321 g/mol. The van der Waals surface area contributed by atoms with Gasteiger partial charge in [0, 0.05) is 22.8 Å². The number of benzene rings is 2. The summed E-state index contributed by atoms with van der Waals surface area (Å²) in [5.41, 5.74) is -0.659. The second kappa shape index (κ2) is 6.23. The minimum absolute atomic E-state index is 0.304. The number of rotatable bonds is 4. The number of hydrogen-bond donors (Lipinski definition) is 2. The maximum Gasteiger partial charge on any atom is 0.336 e. The Morgan fingerprint density at radius 3 is 2.45 bits per heavy atom. The summed E-state index contributed by atoms with van der Waals surface area (Å²) in [4.78, 5) is 33.4. The summed E-state index contributed by atoms with van der Waals surface area (Å²) < 4.78 is 0. The van der Waals surface area contributed by atoms with Crippen LogP contribution in [-0.2, 0) is 0 Å². The van der Waals surface area contributed by atoms with Gasteiger partial charge >= 0.3 is 5.97 Å². The van der Waals surface area contributed by atoms with Crippen LogP contribution in [0.15, 0.2) is 42.5 Å². The first-order chi connectivity index (χ1) is 10.4. The van der Waals surface area contributed by atoms with Gasteiger partial charge in [0.25, 0.3) is 11.6 Å². The van der Waals surface area contributed by atoms with Crippen molar-refractivity contribution in [2.45, 2.75) is 0 Å². The first kappa shape index (κ1) is 15.5. The number of hydrogen-bond acceptors (Lipinski definition) is 4. The van der Waals surface area contributed by atoms with Crippen molar-refractivity contribution in [1.82, 2.24) is 0 Å². The number of amides is 1.